The monoisotopic (exact) mass is 458 g/mol. The Balaban J connectivity index is 1.82. The van der Waals surface area contributed by atoms with Gasteiger partial charge in [-0.05, 0) is 56.2 Å². The lowest BCUT2D eigenvalue weighted by molar-refractivity contribution is 0.511. The van der Waals surface area contributed by atoms with Gasteiger partial charge in [-0.3, -0.25) is 4.31 Å². The van der Waals surface area contributed by atoms with Crippen LogP contribution in [-0.2, 0) is 10.0 Å². The minimum Gasteiger partial charge on any atom is -0.442 e. The van der Waals surface area contributed by atoms with Crippen LogP contribution in [-0.4, -0.2) is 19.9 Å². The van der Waals surface area contributed by atoms with Gasteiger partial charge in [-0.1, -0.05) is 39.7 Å². The number of fused-ring (bicyclic) bond motifs is 1. The van der Waals surface area contributed by atoms with Crippen molar-refractivity contribution in [3.63, 3.8) is 0 Å². The topological polar surface area (TPSA) is 63.4 Å². The highest BCUT2D eigenvalue weighted by Gasteiger charge is 2.29. The fourth-order valence-corrected chi connectivity index (χ4v) is 5.05. The Morgan fingerprint density at radius 3 is 2.54 bits per heavy atom. The van der Waals surface area contributed by atoms with Crippen LogP contribution in [0.5, 0.6) is 0 Å². The third-order valence-electron chi connectivity index (χ3n) is 4.68. The molecule has 1 aliphatic rings. The molecule has 4 rings (SSSR count). The normalized spacial score (nSPS) is 14.4. The number of aromatic nitrogens is 1. The van der Waals surface area contributed by atoms with Crippen LogP contribution in [0.4, 0.5) is 5.69 Å². The molecule has 0 bridgehead atoms. The molecule has 0 saturated carbocycles. The van der Waals surface area contributed by atoms with Gasteiger partial charge < -0.3 is 4.42 Å². The summed E-state index contributed by atoms with van der Waals surface area (Å²) in [6.07, 6.45) is 4.12. The number of oxazole rings is 1. The molecular formula is C21H19BrN2O3S. The van der Waals surface area contributed by atoms with E-state index in [1.807, 2.05) is 50.3 Å². The van der Waals surface area contributed by atoms with Crippen molar-refractivity contribution < 1.29 is 12.8 Å². The molecule has 0 N–H and O–H groups in total. The SMILES string of the molecule is Cc1ccc(S(=O)(=O)N2CCC(c3ncc(C)o3)=Cc3ccc(Br)cc32)cc1. The highest BCUT2D eigenvalue weighted by Crippen LogP contribution is 2.36. The first-order valence-corrected chi connectivity index (χ1v) is 11.1. The smallest absolute Gasteiger partial charge is 0.264 e. The van der Waals surface area contributed by atoms with E-state index in [9.17, 15) is 8.42 Å². The average Bonchev–Trinajstić information content (AvgIpc) is 2.99. The van der Waals surface area contributed by atoms with Gasteiger partial charge in [0.05, 0.1) is 16.8 Å². The number of hydrogen-bond acceptors (Lipinski definition) is 4. The van der Waals surface area contributed by atoms with Crippen LogP contribution in [0.15, 0.2) is 62.4 Å². The van der Waals surface area contributed by atoms with Crippen molar-refractivity contribution in [1.82, 2.24) is 4.98 Å². The quantitative estimate of drug-likeness (QED) is 0.541. The molecule has 0 atom stereocenters. The highest BCUT2D eigenvalue weighted by molar-refractivity contribution is 9.10. The molecule has 2 heterocycles. The van der Waals surface area contributed by atoms with E-state index in [2.05, 4.69) is 20.9 Å². The van der Waals surface area contributed by atoms with Crippen molar-refractivity contribution in [2.45, 2.75) is 25.2 Å². The maximum Gasteiger partial charge on any atom is 0.264 e. The zero-order valence-electron chi connectivity index (χ0n) is 15.5. The molecule has 0 aliphatic carbocycles. The molecule has 1 aliphatic heterocycles. The Kier molecular flexibility index (Phi) is 4.89. The van der Waals surface area contributed by atoms with Crippen LogP contribution < -0.4 is 4.31 Å². The molecule has 28 heavy (non-hydrogen) atoms. The van der Waals surface area contributed by atoms with E-state index in [0.29, 0.717) is 24.5 Å². The second kappa shape index (κ2) is 7.22. The van der Waals surface area contributed by atoms with Gasteiger partial charge in [0, 0.05) is 16.6 Å². The molecule has 1 aromatic heterocycles. The lowest BCUT2D eigenvalue weighted by atomic mass is 10.1. The third-order valence-corrected chi connectivity index (χ3v) is 7.00. The molecule has 2 aromatic carbocycles. The Morgan fingerprint density at radius 2 is 1.86 bits per heavy atom. The van der Waals surface area contributed by atoms with Crippen molar-refractivity contribution in [1.29, 1.82) is 0 Å². The van der Waals surface area contributed by atoms with Gasteiger partial charge in [-0.15, -0.1) is 0 Å². The Bertz CT molecular complexity index is 1160. The molecule has 0 unspecified atom stereocenters. The maximum atomic E-state index is 13.4. The predicted molar refractivity (Wildman–Crippen MR) is 114 cm³/mol. The van der Waals surface area contributed by atoms with Crippen molar-refractivity contribution in [3.8, 4) is 0 Å². The van der Waals surface area contributed by atoms with Crippen molar-refractivity contribution in [2.75, 3.05) is 10.8 Å². The van der Waals surface area contributed by atoms with Gasteiger partial charge in [-0.2, -0.15) is 0 Å². The van der Waals surface area contributed by atoms with Crippen molar-refractivity contribution >= 4 is 43.3 Å². The van der Waals surface area contributed by atoms with E-state index >= 15 is 0 Å². The van der Waals surface area contributed by atoms with E-state index in [1.165, 1.54) is 4.31 Å². The molecule has 7 heteroatoms. The van der Waals surface area contributed by atoms with Gasteiger partial charge in [0.2, 0.25) is 5.89 Å². The van der Waals surface area contributed by atoms with Gasteiger partial charge >= 0.3 is 0 Å². The van der Waals surface area contributed by atoms with E-state index in [4.69, 9.17) is 4.42 Å². The lowest BCUT2D eigenvalue weighted by Gasteiger charge is -2.25. The minimum atomic E-state index is -3.70. The average molecular weight is 459 g/mol. The molecule has 0 saturated heterocycles. The first-order valence-electron chi connectivity index (χ1n) is 8.87. The van der Waals surface area contributed by atoms with E-state index in [0.717, 1.165) is 26.9 Å². The summed E-state index contributed by atoms with van der Waals surface area (Å²) in [6.45, 7) is 4.07. The first-order chi connectivity index (χ1) is 13.3. The fourth-order valence-electron chi connectivity index (χ4n) is 3.22. The zero-order chi connectivity index (χ0) is 19.9. The zero-order valence-corrected chi connectivity index (χ0v) is 17.9. The molecule has 0 spiro atoms. The van der Waals surface area contributed by atoms with Crippen molar-refractivity contribution in [2.24, 2.45) is 0 Å². The number of rotatable bonds is 3. The number of benzene rings is 2. The molecule has 0 amide bonds. The Labute approximate surface area is 172 Å². The number of nitrogens with zero attached hydrogens (tertiary/aromatic N) is 2. The summed E-state index contributed by atoms with van der Waals surface area (Å²) in [5.74, 6) is 1.25. The molecule has 0 radical (unpaired) electrons. The van der Waals surface area contributed by atoms with Crippen LogP contribution in [0.2, 0.25) is 0 Å². The number of aryl methyl sites for hydroxylation is 2. The number of halogens is 1. The largest absolute Gasteiger partial charge is 0.442 e. The molecular weight excluding hydrogens is 440 g/mol. The van der Waals surface area contributed by atoms with Crippen LogP contribution in [0.3, 0.4) is 0 Å². The van der Waals surface area contributed by atoms with Gasteiger partial charge in [0.25, 0.3) is 10.0 Å². The number of anilines is 1. The van der Waals surface area contributed by atoms with E-state index < -0.39 is 10.0 Å². The summed E-state index contributed by atoms with van der Waals surface area (Å²) in [7, 11) is -3.70. The van der Waals surface area contributed by atoms with Crippen LogP contribution >= 0.6 is 15.9 Å². The van der Waals surface area contributed by atoms with Gasteiger partial charge in [0.15, 0.2) is 0 Å². The number of sulfonamides is 1. The fraction of sp³-hybridized carbons (Fsp3) is 0.190. The second-order valence-corrected chi connectivity index (χ2v) is 9.57. The summed E-state index contributed by atoms with van der Waals surface area (Å²) in [5.41, 5.74) is 3.33. The Hall–Kier alpha value is -2.38. The number of hydrogen-bond donors (Lipinski definition) is 0. The summed E-state index contributed by atoms with van der Waals surface area (Å²) in [5, 5.41) is 0. The maximum absolute atomic E-state index is 13.4. The van der Waals surface area contributed by atoms with Crippen LogP contribution in [0.25, 0.3) is 11.6 Å². The van der Waals surface area contributed by atoms with Crippen LogP contribution in [0.1, 0.15) is 29.2 Å². The standard InChI is InChI=1S/C21H19BrN2O3S/c1-14-3-7-19(8-4-14)28(25,26)24-10-9-17(21-23-13-15(2)27-21)11-16-5-6-18(22)12-20(16)24/h3-8,11-13H,9-10H2,1-2H3. The van der Waals surface area contributed by atoms with E-state index in [1.54, 1.807) is 18.3 Å². The highest BCUT2D eigenvalue weighted by atomic mass is 79.9. The molecule has 144 valence electrons. The summed E-state index contributed by atoms with van der Waals surface area (Å²) in [6, 6.07) is 12.6. The van der Waals surface area contributed by atoms with Crippen LogP contribution in [0, 0.1) is 13.8 Å². The third kappa shape index (κ3) is 3.52. The second-order valence-electron chi connectivity index (χ2n) is 6.79. The van der Waals surface area contributed by atoms with Gasteiger partial charge in [-0.25, -0.2) is 13.4 Å². The molecule has 5 nitrogen and oxygen atoms in total. The lowest BCUT2D eigenvalue weighted by Crippen LogP contribution is -2.32. The van der Waals surface area contributed by atoms with Crippen molar-refractivity contribution in [3.05, 3.63) is 75.9 Å². The predicted octanol–water partition coefficient (Wildman–Crippen LogP) is 5.19. The summed E-state index contributed by atoms with van der Waals surface area (Å²) >= 11 is 3.47. The Morgan fingerprint density at radius 1 is 1.11 bits per heavy atom. The molecule has 3 aromatic rings. The first kappa shape index (κ1) is 19.0. The summed E-state index contributed by atoms with van der Waals surface area (Å²) < 4.78 is 34.8. The summed E-state index contributed by atoms with van der Waals surface area (Å²) in [4.78, 5) is 4.59. The minimum absolute atomic E-state index is 0.277. The van der Waals surface area contributed by atoms with Gasteiger partial charge in [0.1, 0.15) is 5.76 Å². The van der Waals surface area contributed by atoms with E-state index in [-0.39, 0.29) is 4.90 Å². The molecule has 0 fully saturated rings.